The van der Waals surface area contributed by atoms with Gasteiger partial charge in [-0.3, -0.25) is 9.48 Å². The van der Waals surface area contributed by atoms with Gasteiger partial charge in [-0.15, -0.1) is 0 Å². The van der Waals surface area contributed by atoms with E-state index in [1.54, 1.807) is 48.3 Å². The average molecular weight is 559 g/mol. The van der Waals surface area contributed by atoms with Crippen molar-refractivity contribution in [1.29, 1.82) is 0 Å². The maximum Gasteiger partial charge on any atom is 0.408 e. The zero-order valence-corrected chi connectivity index (χ0v) is 22.8. The number of aromatic nitrogens is 2. The minimum absolute atomic E-state index is 0.00895. The fraction of sp³-hybridized carbons (Fsp3) is 0.226. The molecular formula is C31H31FN4O5. The molecule has 0 saturated carbocycles. The Morgan fingerprint density at radius 1 is 0.927 bits per heavy atom. The lowest BCUT2D eigenvalue weighted by molar-refractivity contribution is -0.147. The molecule has 1 heterocycles. The monoisotopic (exact) mass is 558 g/mol. The molecular weight excluding hydrogens is 527 g/mol. The molecule has 1 aromatic heterocycles. The topological polar surface area (TPSA) is 112 Å². The van der Waals surface area contributed by atoms with Crippen LogP contribution >= 0.6 is 0 Å². The number of hydrogen-bond donors (Lipinski definition) is 2. The number of alkyl carbamates (subject to hydrolysis) is 1. The molecule has 2 amide bonds. The summed E-state index contributed by atoms with van der Waals surface area (Å²) in [7, 11) is 1.77. The Balaban J connectivity index is 1.45. The summed E-state index contributed by atoms with van der Waals surface area (Å²) in [4.78, 5) is 38.5. The van der Waals surface area contributed by atoms with Gasteiger partial charge in [0.25, 0.3) is 5.91 Å². The molecule has 0 saturated heterocycles. The van der Waals surface area contributed by atoms with Crippen molar-refractivity contribution in [3.05, 3.63) is 113 Å². The number of esters is 1. The zero-order valence-electron chi connectivity index (χ0n) is 22.8. The van der Waals surface area contributed by atoms with Gasteiger partial charge < -0.3 is 20.1 Å². The molecule has 9 nitrogen and oxygen atoms in total. The molecule has 41 heavy (non-hydrogen) atoms. The summed E-state index contributed by atoms with van der Waals surface area (Å²) in [5.41, 5.74) is 3.55. The molecule has 212 valence electrons. The van der Waals surface area contributed by atoms with Crippen molar-refractivity contribution in [1.82, 2.24) is 20.4 Å². The van der Waals surface area contributed by atoms with Gasteiger partial charge in [-0.05, 0) is 41.3 Å². The van der Waals surface area contributed by atoms with Gasteiger partial charge in [-0.1, -0.05) is 67.6 Å². The smallest absolute Gasteiger partial charge is 0.408 e. The third-order valence-electron chi connectivity index (χ3n) is 6.19. The molecule has 4 rings (SSSR count). The molecule has 10 heteroatoms. The Morgan fingerprint density at radius 2 is 1.56 bits per heavy atom. The number of amides is 2. The van der Waals surface area contributed by atoms with Gasteiger partial charge in [0.15, 0.2) is 0 Å². The number of nitrogens with zero attached hydrogens (tertiary/aromatic N) is 2. The summed E-state index contributed by atoms with van der Waals surface area (Å²) in [6.45, 7) is 1.59. The van der Waals surface area contributed by atoms with Crippen LogP contribution in [0.15, 0.2) is 85.1 Å². The fourth-order valence-corrected chi connectivity index (χ4v) is 4.14. The van der Waals surface area contributed by atoms with Crippen molar-refractivity contribution < 1.29 is 28.2 Å². The van der Waals surface area contributed by atoms with Crippen LogP contribution in [0.5, 0.6) is 0 Å². The van der Waals surface area contributed by atoms with E-state index in [9.17, 15) is 18.8 Å². The van der Waals surface area contributed by atoms with E-state index in [1.165, 1.54) is 6.07 Å². The van der Waals surface area contributed by atoms with Crippen molar-refractivity contribution in [3.8, 4) is 11.1 Å². The minimum Gasteiger partial charge on any atom is -0.459 e. The molecule has 0 bridgehead atoms. The van der Waals surface area contributed by atoms with E-state index in [-0.39, 0.29) is 25.3 Å². The van der Waals surface area contributed by atoms with Crippen molar-refractivity contribution in [2.45, 2.75) is 32.6 Å². The predicted octanol–water partition coefficient (Wildman–Crippen LogP) is 4.56. The summed E-state index contributed by atoms with van der Waals surface area (Å²) < 4.78 is 26.8. The summed E-state index contributed by atoms with van der Waals surface area (Å²) >= 11 is 0. The quantitative estimate of drug-likeness (QED) is 0.261. The number of carbonyl (C=O) groups excluding carboxylic acids is 3. The number of aryl methyl sites for hydroxylation is 2. The molecule has 0 radical (unpaired) electrons. The lowest BCUT2D eigenvalue weighted by Gasteiger charge is -2.18. The van der Waals surface area contributed by atoms with E-state index in [0.29, 0.717) is 17.5 Å². The van der Waals surface area contributed by atoms with Crippen LogP contribution in [0.2, 0.25) is 0 Å². The second kappa shape index (κ2) is 13.9. The van der Waals surface area contributed by atoms with Gasteiger partial charge in [0.2, 0.25) is 0 Å². The van der Waals surface area contributed by atoms with Gasteiger partial charge in [0.1, 0.15) is 25.1 Å². The highest BCUT2D eigenvalue weighted by molar-refractivity contribution is 5.96. The Kier molecular flexibility index (Phi) is 9.82. The maximum atomic E-state index is 14.5. The Morgan fingerprint density at radius 3 is 2.20 bits per heavy atom. The third kappa shape index (κ3) is 8.25. The van der Waals surface area contributed by atoms with Gasteiger partial charge in [0.05, 0.1) is 5.69 Å². The molecule has 3 aromatic carbocycles. The van der Waals surface area contributed by atoms with Gasteiger partial charge in [-0.2, -0.15) is 5.10 Å². The first-order valence-corrected chi connectivity index (χ1v) is 13.1. The Labute approximate surface area is 237 Å². The third-order valence-corrected chi connectivity index (χ3v) is 6.19. The number of carbonyl (C=O) groups is 3. The first-order chi connectivity index (χ1) is 19.8. The lowest BCUT2D eigenvalue weighted by Crippen LogP contribution is -2.49. The second-order valence-electron chi connectivity index (χ2n) is 9.31. The van der Waals surface area contributed by atoms with Crippen molar-refractivity contribution in [2.75, 3.05) is 6.54 Å². The van der Waals surface area contributed by atoms with Gasteiger partial charge >= 0.3 is 12.1 Å². The maximum absolute atomic E-state index is 14.5. The average Bonchev–Trinajstić information content (AvgIpc) is 3.38. The van der Waals surface area contributed by atoms with Crippen LogP contribution in [0, 0.1) is 5.82 Å². The molecule has 2 N–H and O–H groups in total. The van der Waals surface area contributed by atoms with E-state index < -0.39 is 29.8 Å². The summed E-state index contributed by atoms with van der Waals surface area (Å²) in [6, 6.07) is 20.8. The molecule has 0 aliphatic carbocycles. The van der Waals surface area contributed by atoms with E-state index in [2.05, 4.69) is 15.7 Å². The summed E-state index contributed by atoms with van der Waals surface area (Å²) in [5.74, 6) is -2.00. The van der Waals surface area contributed by atoms with E-state index in [0.717, 1.165) is 22.9 Å². The predicted molar refractivity (Wildman–Crippen MR) is 150 cm³/mol. The molecule has 0 spiro atoms. The number of benzene rings is 3. The van der Waals surface area contributed by atoms with E-state index in [1.807, 2.05) is 43.3 Å². The molecule has 0 aliphatic rings. The van der Waals surface area contributed by atoms with Crippen LogP contribution in [0.1, 0.15) is 34.1 Å². The number of ether oxygens (including phenoxy) is 2. The summed E-state index contributed by atoms with van der Waals surface area (Å²) in [6.07, 6.45) is 1.54. The van der Waals surface area contributed by atoms with Crippen LogP contribution in [-0.2, 0) is 41.0 Å². The van der Waals surface area contributed by atoms with Crippen molar-refractivity contribution in [3.63, 3.8) is 0 Å². The van der Waals surface area contributed by atoms with Crippen LogP contribution in [0.3, 0.4) is 0 Å². The standard InChI is InChI=1S/C31H31FN4O5/c1-3-27-26(18-36(2)35-27)23-14-24(16-25(32)15-23)29(37)33-17-28(30(38)40-19-21-10-6-4-7-11-21)34-31(39)41-20-22-12-8-5-9-13-22/h4-16,18,28H,3,17,19-20H2,1-2H3,(H,33,37)(H,34,39)/t28-/m1/s1. The second-order valence-corrected chi connectivity index (χ2v) is 9.31. The number of rotatable bonds is 11. The first-order valence-electron chi connectivity index (χ1n) is 13.1. The SMILES string of the molecule is CCc1nn(C)cc1-c1cc(F)cc(C(=O)NC[C@@H](NC(=O)OCc2ccccc2)C(=O)OCc2ccccc2)c1. The number of halogens is 1. The number of nitrogens with one attached hydrogen (secondary N) is 2. The summed E-state index contributed by atoms with van der Waals surface area (Å²) in [5, 5.41) is 9.44. The Hall–Kier alpha value is -4.99. The first kappa shape index (κ1) is 29.0. The van der Waals surface area contributed by atoms with Crippen LogP contribution in [0.25, 0.3) is 11.1 Å². The largest absolute Gasteiger partial charge is 0.459 e. The van der Waals surface area contributed by atoms with Crippen LogP contribution in [-0.4, -0.2) is 40.3 Å². The molecule has 4 aromatic rings. The Bertz CT molecular complexity index is 1490. The van der Waals surface area contributed by atoms with Crippen LogP contribution < -0.4 is 10.6 Å². The highest BCUT2D eigenvalue weighted by Crippen LogP contribution is 2.25. The van der Waals surface area contributed by atoms with E-state index in [4.69, 9.17) is 9.47 Å². The zero-order chi connectivity index (χ0) is 29.2. The fourth-order valence-electron chi connectivity index (χ4n) is 4.14. The van der Waals surface area contributed by atoms with Crippen molar-refractivity contribution in [2.24, 2.45) is 7.05 Å². The normalized spacial score (nSPS) is 11.4. The van der Waals surface area contributed by atoms with Crippen LogP contribution in [0.4, 0.5) is 9.18 Å². The molecule has 0 unspecified atom stereocenters. The molecule has 1 atom stereocenters. The van der Waals surface area contributed by atoms with E-state index >= 15 is 0 Å². The minimum atomic E-state index is -1.26. The highest BCUT2D eigenvalue weighted by Gasteiger charge is 2.25. The molecule has 0 aliphatic heterocycles. The lowest BCUT2D eigenvalue weighted by atomic mass is 10.0. The highest BCUT2D eigenvalue weighted by atomic mass is 19.1. The van der Waals surface area contributed by atoms with Gasteiger partial charge in [0, 0.05) is 30.9 Å². The van der Waals surface area contributed by atoms with Crippen molar-refractivity contribution >= 4 is 18.0 Å². The molecule has 0 fully saturated rings. The number of hydrogen-bond acceptors (Lipinski definition) is 6. The van der Waals surface area contributed by atoms with Gasteiger partial charge in [-0.25, -0.2) is 14.0 Å².